The first kappa shape index (κ1) is 13.2. The van der Waals surface area contributed by atoms with Crippen LogP contribution in [-0.2, 0) is 9.31 Å². The number of rotatable bonds is 2. The van der Waals surface area contributed by atoms with Gasteiger partial charge < -0.3 is 14.2 Å². The molecule has 0 radical (unpaired) electrons. The van der Waals surface area contributed by atoms with Gasteiger partial charge in [0.2, 0.25) is 0 Å². The third kappa shape index (κ3) is 2.12. The summed E-state index contributed by atoms with van der Waals surface area (Å²) in [5.41, 5.74) is 0.417. The van der Waals surface area contributed by atoms with Gasteiger partial charge in [0.15, 0.2) is 0 Å². The molecule has 19 heavy (non-hydrogen) atoms. The number of likely N-dealkylation sites (N-methyl/N-ethyl adjacent to an activating group) is 1. The second-order valence-electron chi connectivity index (χ2n) is 6.72. The van der Waals surface area contributed by atoms with Gasteiger partial charge in [-0.2, -0.15) is 5.10 Å². The van der Waals surface area contributed by atoms with Crippen LogP contribution in [0, 0.1) is 0 Å². The van der Waals surface area contributed by atoms with Gasteiger partial charge in [-0.3, -0.25) is 4.68 Å². The van der Waals surface area contributed by atoms with E-state index in [0.717, 1.165) is 18.6 Å². The third-order valence-electron chi connectivity index (χ3n) is 4.57. The Kier molecular flexibility index (Phi) is 2.82. The smallest absolute Gasteiger partial charge is 0.399 e. The van der Waals surface area contributed by atoms with Crippen molar-refractivity contribution >= 4 is 12.6 Å². The Morgan fingerprint density at radius 3 is 2.32 bits per heavy atom. The first-order valence-corrected chi connectivity index (χ1v) is 6.87. The quantitative estimate of drug-likeness (QED) is 0.735. The molecule has 0 amide bonds. The highest BCUT2D eigenvalue weighted by Crippen LogP contribution is 2.36. The number of hydrogen-bond donors (Lipinski definition) is 0. The lowest BCUT2D eigenvalue weighted by molar-refractivity contribution is 0.00578. The van der Waals surface area contributed by atoms with Crippen LogP contribution in [0.1, 0.15) is 33.7 Å². The summed E-state index contributed by atoms with van der Waals surface area (Å²) in [6.45, 7) is 10.4. The van der Waals surface area contributed by atoms with E-state index in [9.17, 15) is 0 Å². The lowest BCUT2D eigenvalue weighted by Crippen LogP contribution is -2.45. The summed E-state index contributed by atoms with van der Waals surface area (Å²) in [5, 5.41) is 4.44. The minimum atomic E-state index is -0.309. The monoisotopic (exact) mass is 263 g/mol. The number of likely N-dealkylation sites (tertiary alicyclic amines) is 1. The van der Waals surface area contributed by atoms with Crippen molar-refractivity contribution in [3.8, 4) is 0 Å². The first-order chi connectivity index (χ1) is 8.78. The molecule has 6 heteroatoms. The number of aromatic nitrogens is 2. The fraction of sp³-hybridized carbons (Fsp3) is 0.769. The van der Waals surface area contributed by atoms with Gasteiger partial charge in [-0.05, 0) is 34.7 Å². The molecule has 5 nitrogen and oxygen atoms in total. The fourth-order valence-corrected chi connectivity index (χ4v) is 2.49. The highest BCUT2D eigenvalue weighted by atomic mass is 16.7. The van der Waals surface area contributed by atoms with E-state index in [4.69, 9.17) is 9.31 Å². The van der Waals surface area contributed by atoms with Crippen LogP contribution in [0.3, 0.4) is 0 Å². The van der Waals surface area contributed by atoms with Crippen molar-refractivity contribution in [2.45, 2.75) is 44.9 Å². The maximum absolute atomic E-state index is 6.03. The molecule has 0 bridgehead atoms. The zero-order chi connectivity index (χ0) is 13.8. The van der Waals surface area contributed by atoms with E-state index in [1.54, 1.807) is 0 Å². The predicted octanol–water partition coefficient (Wildman–Crippen LogP) is 0.669. The summed E-state index contributed by atoms with van der Waals surface area (Å²) in [5.74, 6) is 0. The van der Waals surface area contributed by atoms with Crippen LogP contribution in [-0.4, -0.2) is 53.1 Å². The lowest BCUT2D eigenvalue weighted by Gasteiger charge is -2.36. The molecule has 3 heterocycles. The Morgan fingerprint density at radius 2 is 1.79 bits per heavy atom. The zero-order valence-electron chi connectivity index (χ0n) is 12.4. The van der Waals surface area contributed by atoms with Gasteiger partial charge >= 0.3 is 7.12 Å². The standard InChI is InChI=1S/C13H22BN3O2/c1-12(2)13(3,4)19-14(18-12)10-6-15-17(7-10)11-8-16(5)9-11/h6-7,11H,8-9H2,1-5H3. The molecule has 0 aliphatic carbocycles. The van der Waals surface area contributed by atoms with Gasteiger partial charge in [0.05, 0.1) is 17.2 Å². The van der Waals surface area contributed by atoms with Crippen molar-refractivity contribution < 1.29 is 9.31 Å². The van der Waals surface area contributed by atoms with E-state index >= 15 is 0 Å². The molecule has 104 valence electrons. The highest BCUT2D eigenvalue weighted by Gasteiger charge is 2.52. The molecule has 1 aromatic rings. The molecule has 2 saturated heterocycles. The summed E-state index contributed by atoms with van der Waals surface area (Å²) < 4.78 is 14.1. The summed E-state index contributed by atoms with van der Waals surface area (Å²) >= 11 is 0. The summed E-state index contributed by atoms with van der Waals surface area (Å²) in [4.78, 5) is 2.28. The molecular formula is C13H22BN3O2. The van der Waals surface area contributed by atoms with E-state index in [2.05, 4.69) is 50.9 Å². The van der Waals surface area contributed by atoms with Crippen LogP contribution < -0.4 is 5.46 Å². The molecule has 0 unspecified atom stereocenters. The molecule has 2 fully saturated rings. The number of nitrogens with zero attached hydrogens (tertiary/aromatic N) is 3. The van der Waals surface area contributed by atoms with Crippen molar-refractivity contribution in [3.63, 3.8) is 0 Å². The average Bonchev–Trinajstić information content (AvgIpc) is 2.78. The molecule has 2 aliphatic rings. The fourth-order valence-electron chi connectivity index (χ4n) is 2.49. The Bertz CT molecular complexity index is 464. The van der Waals surface area contributed by atoms with E-state index < -0.39 is 0 Å². The molecule has 3 rings (SSSR count). The largest absolute Gasteiger partial charge is 0.498 e. The molecule has 0 spiro atoms. The zero-order valence-corrected chi connectivity index (χ0v) is 12.4. The second kappa shape index (κ2) is 4.07. The Hall–Kier alpha value is -0.845. The van der Waals surface area contributed by atoms with Gasteiger partial charge in [-0.25, -0.2) is 0 Å². The summed E-state index contributed by atoms with van der Waals surface area (Å²) in [6, 6.07) is 0.487. The van der Waals surface area contributed by atoms with Crippen LogP contribution >= 0.6 is 0 Å². The maximum Gasteiger partial charge on any atom is 0.498 e. The van der Waals surface area contributed by atoms with Crippen molar-refractivity contribution in [1.29, 1.82) is 0 Å². The Balaban J connectivity index is 1.74. The van der Waals surface area contributed by atoms with Crippen LogP contribution in [0.2, 0.25) is 0 Å². The Labute approximate surface area is 115 Å². The molecule has 0 atom stereocenters. The van der Waals surface area contributed by atoms with Crippen molar-refractivity contribution in [1.82, 2.24) is 14.7 Å². The minimum absolute atomic E-state index is 0.295. The molecule has 0 aromatic carbocycles. The van der Waals surface area contributed by atoms with Gasteiger partial charge in [-0.15, -0.1) is 0 Å². The Morgan fingerprint density at radius 1 is 1.21 bits per heavy atom. The van der Waals surface area contributed by atoms with Crippen LogP contribution in [0.25, 0.3) is 0 Å². The summed E-state index contributed by atoms with van der Waals surface area (Å²) in [7, 11) is 1.81. The van der Waals surface area contributed by atoms with E-state index in [1.807, 2.05) is 10.9 Å². The third-order valence-corrected chi connectivity index (χ3v) is 4.57. The first-order valence-electron chi connectivity index (χ1n) is 6.87. The van der Waals surface area contributed by atoms with Gasteiger partial charge in [0.25, 0.3) is 0 Å². The lowest BCUT2D eigenvalue weighted by atomic mass is 9.82. The SMILES string of the molecule is CN1CC(n2cc(B3OC(C)(C)C(C)(C)O3)cn2)C1. The predicted molar refractivity (Wildman–Crippen MR) is 74.5 cm³/mol. The maximum atomic E-state index is 6.03. The van der Waals surface area contributed by atoms with Crippen LogP contribution in [0.4, 0.5) is 0 Å². The molecule has 2 aliphatic heterocycles. The normalized spacial score (nSPS) is 26.7. The molecule has 0 saturated carbocycles. The minimum Gasteiger partial charge on any atom is -0.399 e. The van der Waals surface area contributed by atoms with E-state index in [0.29, 0.717) is 6.04 Å². The van der Waals surface area contributed by atoms with E-state index in [-0.39, 0.29) is 18.3 Å². The molecular weight excluding hydrogens is 241 g/mol. The van der Waals surface area contributed by atoms with Gasteiger partial charge in [-0.1, -0.05) is 0 Å². The summed E-state index contributed by atoms with van der Waals surface area (Å²) in [6.07, 6.45) is 3.92. The van der Waals surface area contributed by atoms with Crippen molar-refractivity contribution in [2.24, 2.45) is 0 Å². The van der Waals surface area contributed by atoms with Gasteiger partial charge in [0, 0.05) is 30.9 Å². The van der Waals surface area contributed by atoms with Crippen LogP contribution in [0.15, 0.2) is 12.4 Å². The molecule has 0 N–H and O–H groups in total. The van der Waals surface area contributed by atoms with Crippen LogP contribution in [0.5, 0.6) is 0 Å². The average molecular weight is 263 g/mol. The van der Waals surface area contributed by atoms with E-state index in [1.165, 1.54) is 0 Å². The van der Waals surface area contributed by atoms with Gasteiger partial charge in [0.1, 0.15) is 0 Å². The molecule has 1 aromatic heterocycles. The highest BCUT2D eigenvalue weighted by molar-refractivity contribution is 6.61. The van der Waals surface area contributed by atoms with Crippen molar-refractivity contribution in [3.05, 3.63) is 12.4 Å². The van der Waals surface area contributed by atoms with Crippen molar-refractivity contribution in [2.75, 3.05) is 20.1 Å². The number of hydrogen-bond acceptors (Lipinski definition) is 4. The second-order valence-corrected chi connectivity index (χ2v) is 6.72. The topological polar surface area (TPSA) is 39.5 Å².